The molecule has 1 aromatic carbocycles. The molecule has 138 valence electrons. The van der Waals surface area contributed by atoms with E-state index in [9.17, 15) is 9.59 Å². The van der Waals surface area contributed by atoms with Crippen molar-refractivity contribution in [3.05, 3.63) is 35.2 Å². The fraction of sp³-hybridized carbons (Fsp3) is 0.421. The summed E-state index contributed by atoms with van der Waals surface area (Å²) >= 11 is 1.54. The van der Waals surface area contributed by atoms with Crippen molar-refractivity contribution in [1.29, 1.82) is 0 Å². The predicted molar refractivity (Wildman–Crippen MR) is 104 cm³/mol. The number of piperazine rings is 1. The first kappa shape index (κ1) is 18.4. The average Bonchev–Trinajstić information content (AvgIpc) is 3.18. The molecule has 3 amide bonds. The summed E-state index contributed by atoms with van der Waals surface area (Å²) in [5, 5.41) is 4.92. The van der Waals surface area contributed by atoms with Crippen molar-refractivity contribution >= 4 is 29.0 Å². The number of nitrogens with zero attached hydrogens (tertiary/aromatic N) is 3. The topological polar surface area (TPSA) is 65.5 Å². The summed E-state index contributed by atoms with van der Waals surface area (Å²) in [6.45, 7) is 3.20. The molecule has 3 rings (SSSR count). The van der Waals surface area contributed by atoms with Crippen LogP contribution < -0.4 is 5.32 Å². The molecule has 1 saturated heterocycles. The first-order chi connectivity index (χ1) is 12.6. The third-order valence-electron chi connectivity index (χ3n) is 4.65. The second-order valence-corrected chi connectivity index (χ2v) is 7.21. The van der Waals surface area contributed by atoms with Crippen molar-refractivity contribution in [2.24, 2.45) is 0 Å². The number of hydrogen-bond donors (Lipinski definition) is 1. The minimum absolute atomic E-state index is 0.0241. The Kier molecular flexibility index (Phi) is 5.88. The number of urea groups is 1. The molecule has 7 heteroatoms. The summed E-state index contributed by atoms with van der Waals surface area (Å²) in [6, 6.07) is 7.03. The van der Waals surface area contributed by atoms with E-state index in [1.807, 2.05) is 29.6 Å². The molecule has 1 N–H and O–H groups in total. The molecule has 1 atom stereocenters. The minimum Gasteiger partial charge on any atom is -0.342 e. The van der Waals surface area contributed by atoms with E-state index in [1.54, 1.807) is 22.4 Å². The van der Waals surface area contributed by atoms with Crippen LogP contribution in [0.4, 0.5) is 10.5 Å². The molecular weight excluding hydrogens is 348 g/mol. The van der Waals surface area contributed by atoms with Crippen LogP contribution in [0.1, 0.15) is 26.2 Å². The van der Waals surface area contributed by atoms with E-state index in [0.29, 0.717) is 25.2 Å². The van der Waals surface area contributed by atoms with Crippen molar-refractivity contribution in [3.8, 4) is 11.3 Å². The van der Waals surface area contributed by atoms with Gasteiger partial charge >= 0.3 is 6.03 Å². The number of aromatic nitrogens is 1. The van der Waals surface area contributed by atoms with Crippen molar-refractivity contribution in [3.63, 3.8) is 0 Å². The lowest BCUT2D eigenvalue weighted by Crippen LogP contribution is -2.58. The van der Waals surface area contributed by atoms with Crippen LogP contribution in [-0.4, -0.2) is 52.9 Å². The first-order valence-corrected chi connectivity index (χ1v) is 9.85. The van der Waals surface area contributed by atoms with Gasteiger partial charge in [0, 0.05) is 36.8 Å². The van der Waals surface area contributed by atoms with Crippen LogP contribution in [0, 0.1) is 0 Å². The summed E-state index contributed by atoms with van der Waals surface area (Å²) < 4.78 is 0. The number of benzene rings is 1. The second-order valence-electron chi connectivity index (χ2n) is 6.50. The molecular formula is C19H24N4O2S. The highest BCUT2D eigenvalue weighted by Crippen LogP contribution is 2.23. The van der Waals surface area contributed by atoms with Crippen molar-refractivity contribution in [1.82, 2.24) is 14.8 Å². The van der Waals surface area contributed by atoms with Gasteiger partial charge in [-0.3, -0.25) is 4.79 Å². The Bertz CT molecular complexity index is 763. The number of anilines is 1. The van der Waals surface area contributed by atoms with Crippen LogP contribution in [-0.2, 0) is 4.79 Å². The minimum atomic E-state index is -0.379. The van der Waals surface area contributed by atoms with E-state index in [1.165, 1.54) is 11.3 Å². The zero-order chi connectivity index (χ0) is 18.5. The molecule has 0 radical (unpaired) electrons. The smallest absolute Gasteiger partial charge is 0.322 e. The number of likely N-dealkylation sites (N-methyl/N-ethyl adjacent to an activating group) is 1. The largest absolute Gasteiger partial charge is 0.342 e. The van der Waals surface area contributed by atoms with Gasteiger partial charge in [0.15, 0.2) is 0 Å². The van der Waals surface area contributed by atoms with Crippen molar-refractivity contribution < 1.29 is 9.59 Å². The van der Waals surface area contributed by atoms with Gasteiger partial charge < -0.3 is 15.1 Å². The average molecular weight is 372 g/mol. The number of carbonyl (C=O) groups excluding carboxylic acids is 2. The fourth-order valence-electron chi connectivity index (χ4n) is 3.14. The third kappa shape index (κ3) is 4.04. The van der Waals surface area contributed by atoms with Gasteiger partial charge in [-0.2, -0.15) is 0 Å². The zero-order valence-electron chi connectivity index (χ0n) is 15.1. The van der Waals surface area contributed by atoms with Crippen LogP contribution in [0.15, 0.2) is 35.2 Å². The Labute approximate surface area is 157 Å². The molecule has 0 saturated carbocycles. The highest BCUT2D eigenvalue weighted by atomic mass is 32.1. The van der Waals surface area contributed by atoms with Gasteiger partial charge in [-0.25, -0.2) is 9.78 Å². The number of amides is 3. The maximum Gasteiger partial charge on any atom is 0.322 e. The molecule has 2 aromatic rings. The summed E-state index contributed by atoms with van der Waals surface area (Å²) in [5.41, 5.74) is 4.35. The van der Waals surface area contributed by atoms with Gasteiger partial charge in [0.05, 0.1) is 11.2 Å². The van der Waals surface area contributed by atoms with Crippen LogP contribution in [0.25, 0.3) is 11.3 Å². The Hall–Kier alpha value is -2.41. The van der Waals surface area contributed by atoms with Crippen LogP contribution >= 0.6 is 11.3 Å². The van der Waals surface area contributed by atoms with E-state index in [4.69, 9.17) is 0 Å². The lowest BCUT2D eigenvalue weighted by atomic mass is 10.0. The lowest BCUT2D eigenvalue weighted by molar-refractivity contribution is -0.138. The zero-order valence-corrected chi connectivity index (χ0v) is 16.0. The molecule has 1 aliphatic heterocycles. The monoisotopic (exact) mass is 372 g/mol. The SMILES string of the molecule is CCCC[C@@H]1C(=O)N(C)CCN1C(=O)Nc1cccc(-c2cscn2)c1. The molecule has 0 unspecified atom stereocenters. The van der Waals surface area contributed by atoms with Gasteiger partial charge in [-0.05, 0) is 18.6 Å². The number of hydrogen-bond acceptors (Lipinski definition) is 4. The number of unbranched alkanes of at least 4 members (excludes halogenated alkanes) is 1. The lowest BCUT2D eigenvalue weighted by Gasteiger charge is -2.39. The first-order valence-electron chi connectivity index (χ1n) is 8.91. The Morgan fingerprint density at radius 2 is 2.23 bits per heavy atom. The van der Waals surface area contributed by atoms with Crippen LogP contribution in [0.3, 0.4) is 0 Å². The Morgan fingerprint density at radius 1 is 1.38 bits per heavy atom. The molecule has 2 heterocycles. The fourth-order valence-corrected chi connectivity index (χ4v) is 3.70. The molecule has 1 aromatic heterocycles. The van der Waals surface area contributed by atoms with Gasteiger partial charge in [-0.1, -0.05) is 31.9 Å². The molecule has 1 fully saturated rings. The van der Waals surface area contributed by atoms with E-state index in [0.717, 1.165) is 24.1 Å². The second kappa shape index (κ2) is 8.31. The summed E-state index contributed by atoms with van der Waals surface area (Å²) in [7, 11) is 1.80. The maximum atomic E-state index is 12.8. The van der Waals surface area contributed by atoms with Gasteiger partial charge in [0.2, 0.25) is 5.91 Å². The standard InChI is InChI=1S/C19H24N4O2S/c1-3-4-8-17-18(24)22(2)9-10-23(17)19(25)21-15-7-5-6-14(11-15)16-12-26-13-20-16/h5-7,11-13,17H,3-4,8-10H2,1-2H3,(H,21,25)/t17-/m1/s1. The number of rotatable bonds is 5. The Balaban J connectivity index is 1.74. The molecule has 1 aliphatic rings. The normalized spacial score (nSPS) is 17.5. The van der Waals surface area contributed by atoms with E-state index < -0.39 is 0 Å². The van der Waals surface area contributed by atoms with Crippen LogP contribution in [0.5, 0.6) is 0 Å². The summed E-state index contributed by atoms with van der Waals surface area (Å²) in [5.74, 6) is 0.0241. The molecule has 26 heavy (non-hydrogen) atoms. The van der Waals surface area contributed by atoms with E-state index >= 15 is 0 Å². The highest BCUT2D eigenvalue weighted by Gasteiger charge is 2.35. The van der Waals surface area contributed by atoms with Gasteiger partial charge in [-0.15, -0.1) is 11.3 Å². The molecule has 0 spiro atoms. The molecule has 0 aliphatic carbocycles. The number of carbonyl (C=O) groups is 2. The maximum absolute atomic E-state index is 12.8. The quantitative estimate of drug-likeness (QED) is 0.871. The van der Waals surface area contributed by atoms with Crippen molar-refractivity contribution in [2.45, 2.75) is 32.2 Å². The molecule has 0 bridgehead atoms. The molecule has 6 nitrogen and oxygen atoms in total. The van der Waals surface area contributed by atoms with Gasteiger partial charge in [0.25, 0.3) is 0 Å². The highest BCUT2D eigenvalue weighted by molar-refractivity contribution is 7.07. The number of nitrogens with one attached hydrogen (secondary N) is 1. The third-order valence-corrected chi connectivity index (χ3v) is 5.23. The van der Waals surface area contributed by atoms with Gasteiger partial charge in [0.1, 0.15) is 6.04 Å². The summed E-state index contributed by atoms with van der Waals surface area (Å²) in [4.78, 5) is 33.0. The number of thiazole rings is 1. The van der Waals surface area contributed by atoms with E-state index in [-0.39, 0.29) is 18.0 Å². The Morgan fingerprint density at radius 3 is 2.96 bits per heavy atom. The predicted octanol–water partition coefficient (Wildman–Crippen LogP) is 3.67. The van der Waals surface area contributed by atoms with E-state index in [2.05, 4.69) is 17.2 Å². The van der Waals surface area contributed by atoms with Crippen molar-refractivity contribution in [2.75, 3.05) is 25.5 Å². The summed E-state index contributed by atoms with van der Waals surface area (Å²) in [6.07, 6.45) is 2.62. The van der Waals surface area contributed by atoms with Crippen LogP contribution in [0.2, 0.25) is 0 Å².